The SMILES string of the molecule is COC(=O)N[C@H](C(=O)N1CCC[C@H]1c1ncc(-c2ccc3cc(-c4ccc(-c5cnc([C@@H]6CCCN6C(=O)[C@H](NC(=O)OC)c6ccccc6)[nH]5)cc4)ccc3c2)[nH]1)[C@@H](C)OC. The average molecular weight is 839 g/mol. The number of carbonyl (C=O) groups is 4. The summed E-state index contributed by atoms with van der Waals surface area (Å²) in [5.41, 5.74) is 6.45. The molecule has 0 saturated carbocycles. The number of ether oxygens (including phenoxy) is 3. The van der Waals surface area contributed by atoms with Crippen LogP contribution in [0.1, 0.15) is 67.9 Å². The third-order valence-electron chi connectivity index (χ3n) is 12.0. The Kier molecular flexibility index (Phi) is 12.3. The second-order valence-corrected chi connectivity index (χ2v) is 15.6. The molecule has 4 amide bonds. The van der Waals surface area contributed by atoms with Crippen molar-refractivity contribution in [1.82, 2.24) is 40.4 Å². The van der Waals surface area contributed by atoms with E-state index in [0.29, 0.717) is 30.3 Å². The Morgan fingerprint density at radius 1 is 0.645 bits per heavy atom. The van der Waals surface area contributed by atoms with Gasteiger partial charge in [-0.2, -0.15) is 0 Å². The minimum Gasteiger partial charge on any atom is -0.453 e. The van der Waals surface area contributed by atoms with Gasteiger partial charge in [-0.15, -0.1) is 0 Å². The van der Waals surface area contributed by atoms with Gasteiger partial charge in [-0.25, -0.2) is 19.6 Å². The summed E-state index contributed by atoms with van der Waals surface area (Å²) in [5.74, 6) is 0.930. The zero-order valence-corrected chi connectivity index (χ0v) is 35.1. The Morgan fingerprint density at radius 3 is 1.76 bits per heavy atom. The maximum atomic E-state index is 13.9. The number of aromatic nitrogens is 4. The summed E-state index contributed by atoms with van der Waals surface area (Å²) in [6, 6.07) is 27.8. The molecular weight excluding hydrogens is 789 g/mol. The van der Waals surface area contributed by atoms with Crippen LogP contribution in [0.3, 0.4) is 0 Å². The number of H-pyrrole nitrogens is 2. The van der Waals surface area contributed by atoms with Crippen LogP contribution in [-0.4, -0.2) is 100 Å². The Bertz CT molecular complexity index is 2560. The highest BCUT2D eigenvalue weighted by atomic mass is 16.5. The number of imidazole rings is 2. The van der Waals surface area contributed by atoms with Gasteiger partial charge in [0.05, 0.1) is 56.2 Å². The fraction of sp³-hybridized carbons (Fsp3) is 0.319. The number of likely N-dealkylation sites (tertiary alicyclic amines) is 2. The number of fused-ring (bicyclic) bond motifs is 1. The zero-order valence-electron chi connectivity index (χ0n) is 35.1. The Morgan fingerprint density at radius 2 is 1.16 bits per heavy atom. The molecule has 0 bridgehead atoms. The number of aromatic amines is 2. The number of hydrogen-bond acceptors (Lipinski definition) is 9. The maximum absolute atomic E-state index is 13.9. The molecule has 2 aromatic heterocycles. The van der Waals surface area contributed by atoms with Crippen molar-refractivity contribution < 1.29 is 33.4 Å². The number of nitrogens with zero attached hydrogens (tertiary/aromatic N) is 4. The van der Waals surface area contributed by atoms with Gasteiger partial charge < -0.3 is 44.6 Å². The van der Waals surface area contributed by atoms with E-state index in [0.717, 1.165) is 70.1 Å². The molecule has 6 aromatic rings. The van der Waals surface area contributed by atoms with Gasteiger partial charge >= 0.3 is 12.2 Å². The molecule has 4 heterocycles. The molecule has 15 heteroatoms. The van der Waals surface area contributed by atoms with Gasteiger partial charge in [0, 0.05) is 25.8 Å². The maximum Gasteiger partial charge on any atom is 0.407 e. The van der Waals surface area contributed by atoms with Crippen LogP contribution in [0.15, 0.2) is 103 Å². The summed E-state index contributed by atoms with van der Waals surface area (Å²) in [6.45, 7) is 2.83. The number of amides is 4. The molecule has 0 radical (unpaired) electrons. The Labute approximate surface area is 359 Å². The highest BCUT2D eigenvalue weighted by Crippen LogP contribution is 2.36. The molecule has 2 aliphatic heterocycles. The normalized spacial score (nSPS) is 17.7. The van der Waals surface area contributed by atoms with Crippen LogP contribution >= 0.6 is 0 Å². The summed E-state index contributed by atoms with van der Waals surface area (Å²) < 4.78 is 15.0. The summed E-state index contributed by atoms with van der Waals surface area (Å²) >= 11 is 0. The van der Waals surface area contributed by atoms with E-state index in [-0.39, 0.29) is 23.9 Å². The smallest absolute Gasteiger partial charge is 0.407 e. The molecule has 62 heavy (non-hydrogen) atoms. The quantitative estimate of drug-likeness (QED) is 0.0971. The van der Waals surface area contributed by atoms with Crippen molar-refractivity contribution in [1.29, 1.82) is 0 Å². The molecule has 0 spiro atoms. The van der Waals surface area contributed by atoms with Crippen molar-refractivity contribution in [3.05, 3.63) is 121 Å². The number of hydrogen-bond donors (Lipinski definition) is 4. The average Bonchev–Trinajstić information content (AvgIpc) is 4.17. The first kappa shape index (κ1) is 41.7. The van der Waals surface area contributed by atoms with E-state index in [2.05, 4.69) is 81.3 Å². The fourth-order valence-corrected chi connectivity index (χ4v) is 8.53. The molecule has 2 fully saturated rings. The second kappa shape index (κ2) is 18.3. The number of methoxy groups -OCH3 is 3. The van der Waals surface area contributed by atoms with Gasteiger partial charge in [-0.05, 0) is 77.8 Å². The topological polar surface area (TPSA) is 184 Å². The molecule has 0 unspecified atom stereocenters. The van der Waals surface area contributed by atoms with Gasteiger partial charge in [0.2, 0.25) is 5.91 Å². The van der Waals surface area contributed by atoms with E-state index >= 15 is 0 Å². The lowest BCUT2D eigenvalue weighted by atomic mass is 9.98. The van der Waals surface area contributed by atoms with Gasteiger partial charge in [-0.1, -0.05) is 78.9 Å². The van der Waals surface area contributed by atoms with Crippen molar-refractivity contribution >= 4 is 34.8 Å². The molecule has 320 valence electrons. The molecule has 4 aromatic carbocycles. The number of rotatable bonds is 12. The molecule has 2 saturated heterocycles. The van der Waals surface area contributed by atoms with E-state index in [9.17, 15) is 19.2 Å². The van der Waals surface area contributed by atoms with E-state index in [1.807, 2.05) is 30.3 Å². The second-order valence-electron chi connectivity index (χ2n) is 15.6. The van der Waals surface area contributed by atoms with Crippen molar-refractivity contribution in [2.45, 2.75) is 62.9 Å². The zero-order chi connectivity index (χ0) is 43.3. The predicted molar refractivity (Wildman–Crippen MR) is 232 cm³/mol. The molecule has 4 N–H and O–H groups in total. The molecule has 15 nitrogen and oxygen atoms in total. The van der Waals surface area contributed by atoms with Crippen LogP contribution in [-0.2, 0) is 23.8 Å². The Hall–Kier alpha value is -7.00. The molecule has 5 atom stereocenters. The van der Waals surface area contributed by atoms with E-state index in [4.69, 9.17) is 24.2 Å². The van der Waals surface area contributed by atoms with Crippen LogP contribution in [0.4, 0.5) is 9.59 Å². The standard InChI is InChI=1S/C47H50N8O7/c1-28(60-2)40(52-46(58)61-3)44(56)54-22-8-12-38(54)43-49-27-37(51-43)35-21-20-33-24-32(18-19-34(33)25-35)29-14-16-30(17-15-29)36-26-48-42(50-36)39-13-9-23-55(39)45(57)41(53-47(59)62-4)31-10-6-5-7-11-31/h5-7,10-11,14-21,24-28,38-41H,8-9,12-13,22-23H2,1-4H3,(H,48,50)(H,49,51)(H,52,58)(H,53,59)/t28-,38+,39+,40+,41-/m1/s1. The molecule has 2 aliphatic rings. The van der Waals surface area contributed by atoms with Crippen molar-refractivity contribution in [2.75, 3.05) is 34.4 Å². The lowest BCUT2D eigenvalue weighted by Crippen LogP contribution is -2.54. The number of benzene rings is 4. The fourth-order valence-electron chi connectivity index (χ4n) is 8.53. The highest BCUT2D eigenvalue weighted by molar-refractivity contribution is 5.91. The first-order valence-corrected chi connectivity index (χ1v) is 20.8. The van der Waals surface area contributed by atoms with Gasteiger partial charge in [0.1, 0.15) is 23.7 Å². The van der Waals surface area contributed by atoms with E-state index in [1.54, 1.807) is 29.1 Å². The summed E-state index contributed by atoms with van der Waals surface area (Å²) in [7, 11) is 4.04. The summed E-state index contributed by atoms with van der Waals surface area (Å²) in [6.07, 6.45) is 4.79. The first-order valence-electron chi connectivity index (χ1n) is 20.8. The highest BCUT2D eigenvalue weighted by Gasteiger charge is 2.39. The van der Waals surface area contributed by atoms with Crippen LogP contribution in [0.5, 0.6) is 0 Å². The third-order valence-corrected chi connectivity index (χ3v) is 12.0. The number of carbonyl (C=O) groups excluding carboxylic acids is 4. The Balaban J connectivity index is 0.942. The predicted octanol–water partition coefficient (Wildman–Crippen LogP) is 7.47. The monoisotopic (exact) mass is 838 g/mol. The van der Waals surface area contributed by atoms with Crippen LogP contribution in [0.25, 0.3) is 44.4 Å². The van der Waals surface area contributed by atoms with Gasteiger partial charge in [-0.3, -0.25) is 9.59 Å². The van der Waals surface area contributed by atoms with E-state index in [1.165, 1.54) is 21.3 Å². The number of alkyl carbamates (subject to hydrolysis) is 2. The molecule has 8 rings (SSSR count). The van der Waals surface area contributed by atoms with Gasteiger partial charge in [0.15, 0.2) is 0 Å². The van der Waals surface area contributed by atoms with Crippen LogP contribution in [0, 0.1) is 0 Å². The van der Waals surface area contributed by atoms with Crippen molar-refractivity contribution in [3.8, 4) is 33.6 Å². The van der Waals surface area contributed by atoms with Crippen LogP contribution in [0.2, 0.25) is 0 Å². The van der Waals surface area contributed by atoms with Crippen molar-refractivity contribution in [3.63, 3.8) is 0 Å². The summed E-state index contributed by atoms with van der Waals surface area (Å²) in [4.78, 5) is 71.8. The largest absolute Gasteiger partial charge is 0.453 e. The van der Waals surface area contributed by atoms with Crippen LogP contribution < -0.4 is 10.6 Å². The third kappa shape index (κ3) is 8.61. The minimum atomic E-state index is -0.900. The minimum absolute atomic E-state index is 0.214. The van der Waals surface area contributed by atoms with Gasteiger partial charge in [0.25, 0.3) is 5.91 Å². The molecular formula is C47H50N8O7. The summed E-state index contributed by atoms with van der Waals surface area (Å²) in [5, 5.41) is 7.50. The van der Waals surface area contributed by atoms with E-state index < -0.39 is 30.4 Å². The van der Waals surface area contributed by atoms with Crippen molar-refractivity contribution in [2.24, 2.45) is 0 Å². The lowest BCUT2D eigenvalue weighted by molar-refractivity contribution is -0.137. The molecule has 0 aliphatic carbocycles. The number of nitrogens with one attached hydrogen (secondary N) is 4. The lowest BCUT2D eigenvalue weighted by Gasteiger charge is -2.30. The first-order chi connectivity index (χ1) is 30.1.